The molecule has 1 N–H and O–H groups in total. The molecule has 0 amide bonds. The lowest BCUT2D eigenvalue weighted by Crippen LogP contribution is -2.18. The van der Waals surface area contributed by atoms with Gasteiger partial charge in [0.25, 0.3) is 5.56 Å². The molecule has 0 unspecified atom stereocenters. The molecule has 5 nitrogen and oxygen atoms in total. The van der Waals surface area contributed by atoms with E-state index in [9.17, 15) is 4.79 Å². The molecule has 6 heteroatoms. The van der Waals surface area contributed by atoms with Crippen molar-refractivity contribution in [3.8, 4) is 11.4 Å². The van der Waals surface area contributed by atoms with Crippen molar-refractivity contribution >= 4 is 16.5 Å². The van der Waals surface area contributed by atoms with E-state index in [0.29, 0.717) is 0 Å². The van der Waals surface area contributed by atoms with Gasteiger partial charge in [-0.2, -0.15) is 5.10 Å². The standard InChI is InChI=1S/C12H16N4OS/c1-3-4-7-13-12-14-10(8-18-12)9-5-6-11(17)16(2)15-9/h5-6,8H,3-4,7H2,1-2H3,(H,13,14). The van der Waals surface area contributed by atoms with Gasteiger partial charge < -0.3 is 5.32 Å². The summed E-state index contributed by atoms with van der Waals surface area (Å²) in [6, 6.07) is 3.21. The van der Waals surface area contributed by atoms with E-state index in [0.717, 1.165) is 35.9 Å². The summed E-state index contributed by atoms with van der Waals surface area (Å²) in [7, 11) is 1.64. The topological polar surface area (TPSA) is 59.8 Å². The molecule has 2 rings (SSSR count). The number of anilines is 1. The largest absolute Gasteiger partial charge is 0.362 e. The zero-order valence-corrected chi connectivity index (χ0v) is 11.3. The van der Waals surface area contributed by atoms with Crippen molar-refractivity contribution < 1.29 is 0 Å². The molecule has 0 aliphatic rings. The molecule has 2 aromatic heterocycles. The number of aryl methyl sites for hydroxylation is 1. The molecule has 0 saturated heterocycles. The third-order valence-electron chi connectivity index (χ3n) is 2.53. The molecule has 18 heavy (non-hydrogen) atoms. The zero-order valence-electron chi connectivity index (χ0n) is 10.5. The van der Waals surface area contributed by atoms with Crippen molar-refractivity contribution in [2.75, 3.05) is 11.9 Å². The fourth-order valence-electron chi connectivity index (χ4n) is 1.48. The van der Waals surface area contributed by atoms with Gasteiger partial charge in [-0.3, -0.25) is 4.79 Å². The minimum absolute atomic E-state index is 0.115. The van der Waals surface area contributed by atoms with E-state index in [1.54, 1.807) is 24.5 Å². The third-order valence-corrected chi connectivity index (χ3v) is 3.33. The molecular weight excluding hydrogens is 248 g/mol. The van der Waals surface area contributed by atoms with Crippen molar-refractivity contribution in [3.63, 3.8) is 0 Å². The maximum atomic E-state index is 11.3. The van der Waals surface area contributed by atoms with Gasteiger partial charge in [0, 0.05) is 25.0 Å². The van der Waals surface area contributed by atoms with Crippen molar-refractivity contribution in [1.82, 2.24) is 14.8 Å². The molecule has 0 spiro atoms. The molecule has 0 atom stereocenters. The fourth-order valence-corrected chi connectivity index (χ4v) is 2.22. The van der Waals surface area contributed by atoms with Crippen molar-refractivity contribution in [1.29, 1.82) is 0 Å². The minimum Gasteiger partial charge on any atom is -0.362 e. The van der Waals surface area contributed by atoms with Crippen LogP contribution >= 0.6 is 11.3 Å². The summed E-state index contributed by atoms with van der Waals surface area (Å²) < 4.78 is 1.32. The number of hydrogen-bond acceptors (Lipinski definition) is 5. The van der Waals surface area contributed by atoms with Crippen LogP contribution in [-0.2, 0) is 7.05 Å². The predicted octanol–water partition coefficient (Wildman–Crippen LogP) is 2.12. The van der Waals surface area contributed by atoms with Crippen LogP contribution in [0.5, 0.6) is 0 Å². The molecule has 0 aromatic carbocycles. The van der Waals surface area contributed by atoms with Gasteiger partial charge in [-0.05, 0) is 12.5 Å². The van der Waals surface area contributed by atoms with Gasteiger partial charge in [0.1, 0.15) is 11.4 Å². The lowest BCUT2D eigenvalue weighted by molar-refractivity contribution is 0.711. The summed E-state index contributed by atoms with van der Waals surface area (Å²) in [5, 5.41) is 10.3. The average molecular weight is 264 g/mol. The smallest absolute Gasteiger partial charge is 0.266 e. The summed E-state index contributed by atoms with van der Waals surface area (Å²) in [5.74, 6) is 0. The zero-order chi connectivity index (χ0) is 13.0. The maximum absolute atomic E-state index is 11.3. The Morgan fingerprint density at radius 3 is 2.94 bits per heavy atom. The number of unbranched alkanes of at least 4 members (excludes halogenated alkanes) is 1. The van der Waals surface area contributed by atoms with Crippen molar-refractivity contribution in [2.45, 2.75) is 19.8 Å². The van der Waals surface area contributed by atoms with Gasteiger partial charge in [-0.1, -0.05) is 13.3 Å². The van der Waals surface area contributed by atoms with Crippen LogP contribution in [0.15, 0.2) is 22.3 Å². The summed E-state index contributed by atoms with van der Waals surface area (Å²) in [6.07, 6.45) is 2.29. The van der Waals surface area contributed by atoms with E-state index >= 15 is 0 Å². The van der Waals surface area contributed by atoms with E-state index in [2.05, 4.69) is 22.3 Å². The molecular formula is C12H16N4OS. The van der Waals surface area contributed by atoms with Crippen LogP contribution < -0.4 is 10.9 Å². The first-order valence-electron chi connectivity index (χ1n) is 5.95. The second kappa shape index (κ2) is 5.77. The Hall–Kier alpha value is -1.69. The van der Waals surface area contributed by atoms with Gasteiger partial charge in [0.05, 0.1) is 0 Å². The fraction of sp³-hybridized carbons (Fsp3) is 0.417. The Morgan fingerprint density at radius 2 is 2.22 bits per heavy atom. The first kappa shape index (κ1) is 12.8. The number of rotatable bonds is 5. The van der Waals surface area contributed by atoms with E-state index in [-0.39, 0.29) is 5.56 Å². The Balaban J connectivity index is 2.13. The number of nitrogens with zero attached hydrogens (tertiary/aromatic N) is 3. The second-order valence-corrected chi connectivity index (χ2v) is 4.86. The van der Waals surface area contributed by atoms with Crippen molar-refractivity contribution in [3.05, 3.63) is 27.9 Å². The minimum atomic E-state index is -0.115. The molecule has 0 aliphatic carbocycles. The summed E-state index contributed by atoms with van der Waals surface area (Å²) in [6.45, 7) is 3.09. The van der Waals surface area contributed by atoms with Crippen LogP contribution in [0.25, 0.3) is 11.4 Å². The first-order chi connectivity index (χ1) is 8.70. The molecule has 0 bridgehead atoms. The highest BCUT2D eigenvalue weighted by atomic mass is 32.1. The number of hydrogen-bond donors (Lipinski definition) is 1. The van der Waals surface area contributed by atoms with E-state index in [4.69, 9.17) is 0 Å². The van der Waals surface area contributed by atoms with E-state index in [1.165, 1.54) is 10.7 Å². The average Bonchev–Trinajstić information content (AvgIpc) is 2.82. The predicted molar refractivity (Wildman–Crippen MR) is 74.0 cm³/mol. The van der Waals surface area contributed by atoms with Gasteiger partial charge in [0.2, 0.25) is 0 Å². The van der Waals surface area contributed by atoms with Gasteiger partial charge >= 0.3 is 0 Å². The van der Waals surface area contributed by atoms with Crippen LogP contribution in [0, 0.1) is 0 Å². The lowest BCUT2D eigenvalue weighted by Gasteiger charge is -2.00. The Kier molecular flexibility index (Phi) is 4.09. The SMILES string of the molecule is CCCCNc1nc(-c2ccc(=O)n(C)n2)cs1. The van der Waals surface area contributed by atoms with Crippen LogP contribution in [0.3, 0.4) is 0 Å². The van der Waals surface area contributed by atoms with Crippen LogP contribution in [-0.4, -0.2) is 21.3 Å². The van der Waals surface area contributed by atoms with Crippen LogP contribution in [0.2, 0.25) is 0 Å². The normalized spacial score (nSPS) is 10.6. The van der Waals surface area contributed by atoms with Gasteiger partial charge in [0.15, 0.2) is 5.13 Å². The molecule has 96 valence electrons. The monoisotopic (exact) mass is 264 g/mol. The van der Waals surface area contributed by atoms with Gasteiger partial charge in [-0.25, -0.2) is 9.67 Å². The number of aromatic nitrogens is 3. The second-order valence-electron chi connectivity index (χ2n) is 4.00. The van der Waals surface area contributed by atoms with E-state index < -0.39 is 0 Å². The third kappa shape index (κ3) is 2.95. The Morgan fingerprint density at radius 1 is 1.39 bits per heavy atom. The Bertz CT molecular complexity index is 575. The quantitative estimate of drug-likeness (QED) is 0.840. The first-order valence-corrected chi connectivity index (χ1v) is 6.83. The summed E-state index contributed by atoms with van der Waals surface area (Å²) in [5.41, 5.74) is 1.40. The molecule has 2 aromatic rings. The summed E-state index contributed by atoms with van der Waals surface area (Å²) in [4.78, 5) is 15.7. The molecule has 0 aliphatic heterocycles. The molecule has 2 heterocycles. The van der Waals surface area contributed by atoms with Crippen LogP contribution in [0.1, 0.15) is 19.8 Å². The molecule has 0 saturated carbocycles. The number of nitrogens with one attached hydrogen (secondary N) is 1. The highest BCUT2D eigenvalue weighted by molar-refractivity contribution is 7.14. The Labute approximate surface area is 110 Å². The van der Waals surface area contributed by atoms with Crippen LogP contribution in [0.4, 0.5) is 5.13 Å². The maximum Gasteiger partial charge on any atom is 0.266 e. The van der Waals surface area contributed by atoms with Gasteiger partial charge in [-0.15, -0.1) is 11.3 Å². The highest BCUT2D eigenvalue weighted by Crippen LogP contribution is 2.22. The highest BCUT2D eigenvalue weighted by Gasteiger charge is 2.06. The summed E-state index contributed by atoms with van der Waals surface area (Å²) >= 11 is 1.56. The molecule has 0 radical (unpaired) electrons. The number of thiazole rings is 1. The molecule has 0 fully saturated rings. The van der Waals surface area contributed by atoms with E-state index in [1.807, 2.05) is 5.38 Å². The lowest BCUT2D eigenvalue weighted by atomic mass is 10.3. The van der Waals surface area contributed by atoms with Crippen molar-refractivity contribution in [2.24, 2.45) is 7.05 Å².